The first kappa shape index (κ1) is 12.6. The molecule has 0 aliphatic rings. The molecule has 0 atom stereocenters. The van der Waals surface area contributed by atoms with E-state index < -0.39 is 5.63 Å². The van der Waals surface area contributed by atoms with Crippen LogP contribution in [0.3, 0.4) is 0 Å². The van der Waals surface area contributed by atoms with Crippen LogP contribution < -0.4 is 10.4 Å². The largest absolute Gasteiger partial charge is 0.496 e. The van der Waals surface area contributed by atoms with Crippen LogP contribution in [0.4, 0.5) is 0 Å². The Hall–Kier alpha value is -2.40. The molecule has 2 aromatic heterocycles. The minimum Gasteiger partial charge on any atom is -0.496 e. The lowest BCUT2D eigenvalue weighted by atomic mass is 10.2. The van der Waals surface area contributed by atoms with Crippen LogP contribution in [-0.4, -0.2) is 12.1 Å². The molecule has 0 fully saturated rings. The molecule has 1 aromatic carbocycles. The summed E-state index contributed by atoms with van der Waals surface area (Å²) in [7, 11) is 1.57. The summed E-state index contributed by atoms with van der Waals surface area (Å²) in [6.45, 7) is 0. The SMILES string of the molecule is COc1ccccc1-c1nc(-c2cccs2)cc(=O)o1. The molecular weight excluding hydrogens is 274 g/mol. The molecule has 3 aromatic rings. The minimum absolute atomic E-state index is 0.262. The van der Waals surface area contributed by atoms with Gasteiger partial charge in [0.05, 0.1) is 29.3 Å². The summed E-state index contributed by atoms with van der Waals surface area (Å²) in [6, 6.07) is 12.5. The standard InChI is InChI=1S/C15H11NO3S/c1-18-12-6-3-2-5-10(12)15-16-11(9-14(17)19-15)13-7-4-8-20-13/h2-9H,1H3. The highest BCUT2D eigenvalue weighted by molar-refractivity contribution is 7.13. The van der Waals surface area contributed by atoms with Crippen molar-refractivity contribution >= 4 is 11.3 Å². The Bertz CT molecular complexity index is 778. The molecule has 0 saturated carbocycles. The summed E-state index contributed by atoms with van der Waals surface area (Å²) in [5.74, 6) is 0.879. The van der Waals surface area contributed by atoms with Crippen LogP contribution in [0.2, 0.25) is 0 Å². The van der Waals surface area contributed by atoms with Crippen molar-refractivity contribution in [3.63, 3.8) is 0 Å². The van der Waals surface area contributed by atoms with Gasteiger partial charge in [-0.2, -0.15) is 0 Å². The second kappa shape index (κ2) is 5.30. The van der Waals surface area contributed by atoms with Gasteiger partial charge in [-0.3, -0.25) is 0 Å². The summed E-state index contributed by atoms with van der Waals surface area (Å²) < 4.78 is 10.5. The van der Waals surface area contributed by atoms with Crippen molar-refractivity contribution in [3.05, 3.63) is 58.3 Å². The van der Waals surface area contributed by atoms with Gasteiger partial charge in [-0.1, -0.05) is 18.2 Å². The first-order valence-electron chi connectivity index (χ1n) is 5.97. The van der Waals surface area contributed by atoms with E-state index in [9.17, 15) is 4.79 Å². The Balaban J connectivity index is 2.17. The van der Waals surface area contributed by atoms with Gasteiger partial charge in [-0.25, -0.2) is 9.78 Å². The van der Waals surface area contributed by atoms with Crippen LogP contribution in [0.15, 0.2) is 57.1 Å². The molecule has 4 nitrogen and oxygen atoms in total. The van der Waals surface area contributed by atoms with Crippen molar-refractivity contribution in [2.75, 3.05) is 7.11 Å². The molecule has 0 aliphatic heterocycles. The average Bonchev–Trinajstić information content (AvgIpc) is 3.01. The molecule has 0 aliphatic carbocycles. The lowest BCUT2D eigenvalue weighted by molar-refractivity contribution is 0.412. The lowest BCUT2D eigenvalue weighted by Gasteiger charge is -2.06. The molecule has 20 heavy (non-hydrogen) atoms. The molecule has 5 heteroatoms. The van der Waals surface area contributed by atoms with Crippen molar-refractivity contribution in [2.45, 2.75) is 0 Å². The second-order valence-electron chi connectivity index (χ2n) is 4.05. The fraction of sp³-hybridized carbons (Fsp3) is 0.0667. The lowest BCUT2D eigenvalue weighted by Crippen LogP contribution is -2.02. The van der Waals surface area contributed by atoms with Crippen molar-refractivity contribution in [1.82, 2.24) is 4.98 Å². The predicted octanol–water partition coefficient (Wildman–Crippen LogP) is 3.44. The van der Waals surface area contributed by atoms with Crippen LogP contribution in [0.5, 0.6) is 5.75 Å². The summed E-state index contributed by atoms with van der Waals surface area (Å²) >= 11 is 1.52. The van der Waals surface area contributed by atoms with Crippen LogP contribution in [0.1, 0.15) is 0 Å². The number of benzene rings is 1. The zero-order chi connectivity index (χ0) is 13.9. The Morgan fingerprint density at radius 1 is 1.20 bits per heavy atom. The van der Waals surface area contributed by atoms with Crippen molar-refractivity contribution in [3.8, 4) is 27.8 Å². The van der Waals surface area contributed by atoms with E-state index in [0.29, 0.717) is 17.0 Å². The smallest absolute Gasteiger partial charge is 0.339 e. The third-order valence-electron chi connectivity index (χ3n) is 2.78. The number of hydrogen-bond acceptors (Lipinski definition) is 5. The highest BCUT2D eigenvalue weighted by Gasteiger charge is 2.12. The normalized spacial score (nSPS) is 10.4. The highest BCUT2D eigenvalue weighted by Crippen LogP contribution is 2.29. The van der Waals surface area contributed by atoms with Crippen LogP contribution >= 0.6 is 11.3 Å². The van der Waals surface area contributed by atoms with E-state index >= 15 is 0 Å². The number of nitrogens with zero attached hydrogens (tertiary/aromatic N) is 1. The van der Waals surface area contributed by atoms with Gasteiger partial charge in [0.1, 0.15) is 5.75 Å². The zero-order valence-corrected chi connectivity index (χ0v) is 11.5. The van der Waals surface area contributed by atoms with Gasteiger partial charge in [0.15, 0.2) is 0 Å². The van der Waals surface area contributed by atoms with Crippen LogP contribution in [0.25, 0.3) is 22.0 Å². The van der Waals surface area contributed by atoms with Crippen LogP contribution in [0, 0.1) is 0 Å². The Morgan fingerprint density at radius 3 is 2.80 bits per heavy atom. The molecule has 3 rings (SSSR count). The quantitative estimate of drug-likeness (QED) is 0.739. The van der Waals surface area contributed by atoms with E-state index in [2.05, 4.69) is 4.98 Å². The molecular formula is C15H11NO3S. The van der Waals surface area contributed by atoms with E-state index in [1.807, 2.05) is 35.7 Å². The molecule has 0 spiro atoms. The van der Waals surface area contributed by atoms with Gasteiger partial charge in [0.25, 0.3) is 0 Å². The molecule has 0 bridgehead atoms. The number of ether oxygens (including phenoxy) is 1. The van der Waals surface area contributed by atoms with Gasteiger partial charge in [0, 0.05) is 0 Å². The third-order valence-corrected chi connectivity index (χ3v) is 3.68. The topological polar surface area (TPSA) is 52.3 Å². The summed E-state index contributed by atoms with van der Waals surface area (Å²) in [4.78, 5) is 17.1. The van der Waals surface area contributed by atoms with E-state index in [1.165, 1.54) is 17.4 Å². The van der Waals surface area contributed by atoms with E-state index in [0.717, 1.165) is 4.88 Å². The first-order chi connectivity index (χ1) is 9.78. The summed E-state index contributed by atoms with van der Waals surface area (Å²) in [5, 5.41) is 1.94. The van der Waals surface area contributed by atoms with E-state index in [-0.39, 0.29) is 5.89 Å². The molecule has 0 N–H and O–H groups in total. The summed E-state index contributed by atoms with van der Waals surface area (Å²) in [5.41, 5.74) is 0.840. The van der Waals surface area contributed by atoms with Gasteiger partial charge >= 0.3 is 5.63 Å². The number of hydrogen-bond donors (Lipinski definition) is 0. The number of rotatable bonds is 3. The Morgan fingerprint density at radius 2 is 2.05 bits per heavy atom. The van der Waals surface area contributed by atoms with Crippen molar-refractivity contribution in [1.29, 1.82) is 0 Å². The van der Waals surface area contributed by atoms with Gasteiger partial charge in [0.2, 0.25) is 5.89 Å². The summed E-state index contributed by atoms with van der Waals surface area (Å²) in [6.07, 6.45) is 0. The Kier molecular flexibility index (Phi) is 3.35. The molecule has 2 heterocycles. The van der Waals surface area contributed by atoms with Crippen LogP contribution in [-0.2, 0) is 0 Å². The van der Waals surface area contributed by atoms with E-state index in [1.54, 1.807) is 13.2 Å². The number of aromatic nitrogens is 1. The molecule has 0 amide bonds. The number of para-hydroxylation sites is 1. The molecule has 100 valence electrons. The fourth-order valence-electron chi connectivity index (χ4n) is 1.89. The predicted molar refractivity (Wildman–Crippen MR) is 78.1 cm³/mol. The third kappa shape index (κ3) is 2.35. The molecule has 0 radical (unpaired) electrons. The Labute approximate surface area is 119 Å². The number of methoxy groups -OCH3 is 1. The van der Waals surface area contributed by atoms with Gasteiger partial charge in [-0.05, 0) is 23.6 Å². The van der Waals surface area contributed by atoms with E-state index in [4.69, 9.17) is 9.15 Å². The maximum atomic E-state index is 11.7. The molecule has 0 saturated heterocycles. The highest BCUT2D eigenvalue weighted by atomic mass is 32.1. The van der Waals surface area contributed by atoms with Crippen molar-refractivity contribution < 1.29 is 9.15 Å². The van der Waals surface area contributed by atoms with Gasteiger partial charge < -0.3 is 9.15 Å². The zero-order valence-electron chi connectivity index (χ0n) is 10.7. The second-order valence-corrected chi connectivity index (χ2v) is 4.99. The average molecular weight is 285 g/mol. The number of thiophene rings is 1. The monoisotopic (exact) mass is 285 g/mol. The maximum absolute atomic E-state index is 11.7. The van der Waals surface area contributed by atoms with Gasteiger partial charge in [-0.15, -0.1) is 11.3 Å². The minimum atomic E-state index is -0.427. The maximum Gasteiger partial charge on any atom is 0.339 e. The van der Waals surface area contributed by atoms with Crippen molar-refractivity contribution in [2.24, 2.45) is 0 Å². The fourth-order valence-corrected chi connectivity index (χ4v) is 2.57. The molecule has 0 unspecified atom stereocenters. The first-order valence-corrected chi connectivity index (χ1v) is 6.85.